The van der Waals surface area contributed by atoms with Crippen molar-refractivity contribution in [1.29, 1.82) is 0 Å². The van der Waals surface area contributed by atoms with Gasteiger partial charge in [-0.15, -0.1) is 12.4 Å². The topological polar surface area (TPSA) is 46.3 Å². The first kappa shape index (κ1) is 17.6. The van der Waals surface area contributed by atoms with E-state index < -0.39 is 0 Å². The normalized spacial score (nSPS) is 19.6. The van der Waals surface area contributed by atoms with Crippen LogP contribution in [0.3, 0.4) is 0 Å². The van der Waals surface area contributed by atoms with E-state index in [4.69, 9.17) is 28.9 Å². The molecule has 0 bridgehead atoms. The van der Waals surface area contributed by atoms with E-state index in [0.29, 0.717) is 16.6 Å². The Morgan fingerprint density at radius 3 is 2.75 bits per heavy atom. The standard InChI is InChI=1S/C14H18Cl2N2O.ClH/c1-9(8-17)14(19)18-6-2-3-13(18)10-4-5-11(15)12(16)7-10;/h4-5,7,9,13H,2-3,6,8,17H2,1H3;1H. The maximum Gasteiger partial charge on any atom is 0.227 e. The van der Waals surface area contributed by atoms with E-state index in [1.807, 2.05) is 24.0 Å². The first-order valence-corrected chi connectivity index (χ1v) is 7.25. The molecule has 1 saturated heterocycles. The molecule has 1 amide bonds. The molecule has 0 radical (unpaired) electrons. The van der Waals surface area contributed by atoms with Crippen LogP contribution in [-0.2, 0) is 4.79 Å². The molecule has 1 fully saturated rings. The van der Waals surface area contributed by atoms with Crippen molar-refractivity contribution in [2.24, 2.45) is 11.7 Å². The van der Waals surface area contributed by atoms with Gasteiger partial charge in [-0.3, -0.25) is 4.79 Å². The summed E-state index contributed by atoms with van der Waals surface area (Å²) < 4.78 is 0. The molecule has 3 nitrogen and oxygen atoms in total. The molecule has 1 aromatic rings. The molecule has 1 aromatic carbocycles. The monoisotopic (exact) mass is 336 g/mol. The van der Waals surface area contributed by atoms with E-state index >= 15 is 0 Å². The van der Waals surface area contributed by atoms with Crippen molar-refractivity contribution < 1.29 is 4.79 Å². The minimum absolute atomic E-state index is 0. The maximum absolute atomic E-state index is 12.3. The van der Waals surface area contributed by atoms with Gasteiger partial charge in [0.2, 0.25) is 5.91 Å². The van der Waals surface area contributed by atoms with Crippen molar-refractivity contribution in [3.63, 3.8) is 0 Å². The molecular weight excluding hydrogens is 319 g/mol. The molecular formula is C14H19Cl3N2O. The summed E-state index contributed by atoms with van der Waals surface area (Å²) in [7, 11) is 0. The van der Waals surface area contributed by atoms with Gasteiger partial charge in [0.15, 0.2) is 0 Å². The van der Waals surface area contributed by atoms with Gasteiger partial charge in [0.25, 0.3) is 0 Å². The number of likely N-dealkylation sites (tertiary alicyclic amines) is 1. The molecule has 1 aliphatic heterocycles. The Morgan fingerprint density at radius 1 is 1.45 bits per heavy atom. The zero-order chi connectivity index (χ0) is 14.0. The van der Waals surface area contributed by atoms with Crippen LogP contribution in [0.15, 0.2) is 18.2 Å². The van der Waals surface area contributed by atoms with Gasteiger partial charge in [0.1, 0.15) is 0 Å². The summed E-state index contributed by atoms with van der Waals surface area (Å²) in [5.74, 6) is -0.0144. The van der Waals surface area contributed by atoms with Crippen LogP contribution in [0.25, 0.3) is 0 Å². The fourth-order valence-corrected chi connectivity index (χ4v) is 2.79. The van der Waals surface area contributed by atoms with Crippen LogP contribution in [0, 0.1) is 5.92 Å². The number of carbonyl (C=O) groups excluding carboxylic acids is 1. The molecule has 6 heteroatoms. The average molecular weight is 338 g/mol. The van der Waals surface area contributed by atoms with Crippen LogP contribution >= 0.6 is 35.6 Å². The Bertz CT molecular complexity index is 481. The molecule has 0 saturated carbocycles. The zero-order valence-electron chi connectivity index (χ0n) is 11.3. The molecule has 20 heavy (non-hydrogen) atoms. The summed E-state index contributed by atoms with van der Waals surface area (Å²) >= 11 is 12.0. The fraction of sp³-hybridized carbons (Fsp3) is 0.500. The van der Waals surface area contributed by atoms with Crippen LogP contribution in [0.1, 0.15) is 31.4 Å². The van der Waals surface area contributed by atoms with Gasteiger partial charge in [-0.05, 0) is 30.5 Å². The Morgan fingerprint density at radius 2 is 2.15 bits per heavy atom. The number of amides is 1. The van der Waals surface area contributed by atoms with Gasteiger partial charge < -0.3 is 10.6 Å². The van der Waals surface area contributed by atoms with Crippen LogP contribution in [0.5, 0.6) is 0 Å². The van der Waals surface area contributed by atoms with Crippen LogP contribution < -0.4 is 5.73 Å². The van der Waals surface area contributed by atoms with Gasteiger partial charge in [-0.1, -0.05) is 36.2 Å². The number of nitrogens with zero attached hydrogens (tertiary/aromatic N) is 1. The van der Waals surface area contributed by atoms with E-state index in [0.717, 1.165) is 24.9 Å². The maximum atomic E-state index is 12.3. The second-order valence-electron chi connectivity index (χ2n) is 5.00. The van der Waals surface area contributed by atoms with E-state index in [2.05, 4.69) is 0 Å². The molecule has 0 aromatic heterocycles. The minimum Gasteiger partial charge on any atom is -0.335 e. The largest absolute Gasteiger partial charge is 0.335 e. The molecule has 2 atom stereocenters. The third kappa shape index (κ3) is 3.59. The number of hydrogen-bond acceptors (Lipinski definition) is 2. The summed E-state index contributed by atoms with van der Waals surface area (Å²) in [6, 6.07) is 5.67. The smallest absolute Gasteiger partial charge is 0.227 e. The van der Waals surface area contributed by atoms with E-state index in [1.54, 1.807) is 6.07 Å². The van der Waals surface area contributed by atoms with Gasteiger partial charge >= 0.3 is 0 Å². The van der Waals surface area contributed by atoms with Crippen molar-refractivity contribution >= 4 is 41.5 Å². The van der Waals surface area contributed by atoms with Crippen molar-refractivity contribution in [2.45, 2.75) is 25.8 Å². The average Bonchev–Trinajstić information content (AvgIpc) is 2.89. The highest BCUT2D eigenvalue weighted by atomic mass is 35.5. The number of benzene rings is 1. The molecule has 2 rings (SSSR count). The Labute approximate surface area is 135 Å². The SMILES string of the molecule is CC(CN)C(=O)N1CCCC1c1ccc(Cl)c(Cl)c1.Cl. The van der Waals surface area contributed by atoms with Crippen LogP contribution in [-0.4, -0.2) is 23.9 Å². The summed E-state index contributed by atoms with van der Waals surface area (Å²) in [5, 5.41) is 1.07. The van der Waals surface area contributed by atoms with Gasteiger partial charge in [-0.25, -0.2) is 0 Å². The Kier molecular flexibility index (Phi) is 6.59. The summed E-state index contributed by atoms with van der Waals surface area (Å²) in [6.45, 7) is 3.03. The summed E-state index contributed by atoms with van der Waals surface area (Å²) in [5.41, 5.74) is 6.63. The summed E-state index contributed by atoms with van der Waals surface area (Å²) in [6.07, 6.45) is 1.97. The molecule has 0 aliphatic carbocycles. The molecule has 1 aliphatic rings. The highest BCUT2D eigenvalue weighted by Crippen LogP contribution is 2.35. The van der Waals surface area contributed by atoms with Crippen molar-refractivity contribution in [3.05, 3.63) is 33.8 Å². The lowest BCUT2D eigenvalue weighted by molar-refractivity contribution is -0.135. The Balaban J connectivity index is 0.00000200. The number of carbonyl (C=O) groups is 1. The van der Waals surface area contributed by atoms with E-state index in [1.165, 1.54) is 0 Å². The highest BCUT2D eigenvalue weighted by Gasteiger charge is 2.32. The second-order valence-corrected chi connectivity index (χ2v) is 5.81. The third-order valence-corrected chi connectivity index (χ3v) is 4.38. The van der Waals surface area contributed by atoms with E-state index in [-0.39, 0.29) is 30.3 Å². The first-order chi connectivity index (χ1) is 9.04. The molecule has 2 N–H and O–H groups in total. The van der Waals surface area contributed by atoms with E-state index in [9.17, 15) is 4.79 Å². The number of hydrogen-bond donors (Lipinski definition) is 1. The number of rotatable bonds is 3. The predicted octanol–water partition coefficient (Wildman–Crippen LogP) is 3.67. The first-order valence-electron chi connectivity index (χ1n) is 6.50. The molecule has 2 unspecified atom stereocenters. The Hall–Kier alpha value is -0.480. The van der Waals surface area contributed by atoms with Crippen LogP contribution in [0.2, 0.25) is 10.0 Å². The predicted molar refractivity (Wildman–Crippen MR) is 85.6 cm³/mol. The van der Waals surface area contributed by atoms with Crippen molar-refractivity contribution in [3.8, 4) is 0 Å². The van der Waals surface area contributed by atoms with Crippen LogP contribution in [0.4, 0.5) is 0 Å². The van der Waals surface area contributed by atoms with Crippen molar-refractivity contribution in [2.75, 3.05) is 13.1 Å². The van der Waals surface area contributed by atoms with Gasteiger partial charge in [-0.2, -0.15) is 0 Å². The fourth-order valence-electron chi connectivity index (χ4n) is 2.48. The molecule has 0 spiro atoms. The number of nitrogens with two attached hydrogens (primary N) is 1. The lowest BCUT2D eigenvalue weighted by Crippen LogP contribution is -2.37. The quantitative estimate of drug-likeness (QED) is 0.914. The highest BCUT2D eigenvalue weighted by molar-refractivity contribution is 6.42. The third-order valence-electron chi connectivity index (χ3n) is 3.64. The van der Waals surface area contributed by atoms with Crippen molar-refractivity contribution in [1.82, 2.24) is 4.90 Å². The van der Waals surface area contributed by atoms with Gasteiger partial charge in [0.05, 0.1) is 16.1 Å². The second kappa shape index (κ2) is 7.51. The lowest BCUT2D eigenvalue weighted by Gasteiger charge is -2.27. The van der Waals surface area contributed by atoms with Gasteiger partial charge in [0, 0.05) is 19.0 Å². The lowest BCUT2D eigenvalue weighted by atomic mass is 10.0. The molecule has 112 valence electrons. The minimum atomic E-state index is -0.136. The number of halogens is 3. The molecule has 1 heterocycles. The summed E-state index contributed by atoms with van der Waals surface area (Å²) in [4.78, 5) is 14.2. The zero-order valence-corrected chi connectivity index (χ0v) is 13.6.